The number of fused-ring (bicyclic) bond motifs is 1. The Labute approximate surface area is 146 Å². The number of carbonyl (C=O) groups excluding carboxylic acids is 1. The Kier molecular flexibility index (Phi) is 4.74. The molecule has 0 bridgehead atoms. The zero-order valence-electron chi connectivity index (χ0n) is 14.5. The molecule has 2 atom stereocenters. The van der Waals surface area contributed by atoms with E-state index < -0.39 is 6.04 Å². The van der Waals surface area contributed by atoms with Crippen LogP contribution >= 0.6 is 0 Å². The molecule has 1 heterocycles. The fourth-order valence-corrected chi connectivity index (χ4v) is 2.77. The van der Waals surface area contributed by atoms with Crippen LogP contribution in [0.3, 0.4) is 0 Å². The monoisotopic (exact) mass is 340 g/mol. The van der Waals surface area contributed by atoms with Gasteiger partial charge in [-0.15, -0.1) is 0 Å². The number of halogens is 1. The fraction of sp³-hybridized carbons (Fsp3) is 0.250. The summed E-state index contributed by atoms with van der Waals surface area (Å²) in [6, 6.07) is 15.1. The van der Waals surface area contributed by atoms with Crippen LogP contribution in [0.2, 0.25) is 0 Å². The van der Waals surface area contributed by atoms with Gasteiger partial charge < -0.3 is 14.6 Å². The summed E-state index contributed by atoms with van der Waals surface area (Å²) in [5, 5.41) is 3.82. The molecule has 0 radical (unpaired) electrons. The van der Waals surface area contributed by atoms with Gasteiger partial charge in [-0.05, 0) is 32.0 Å². The molecule has 25 heavy (non-hydrogen) atoms. The smallest absolute Gasteiger partial charge is 0.318 e. The molecule has 0 aliphatic carbocycles. The van der Waals surface area contributed by atoms with Gasteiger partial charge >= 0.3 is 6.03 Å². The molecule has 3 aromatic rings. The minimum atomic E-state index is -0.431. The van der Waals surface area contributed by atoms with Gasteiger partial charge in [0.2, 0.25) is 0 Å². The first-order valence-electron chi connectivity index (χ1n) is 8.23. The maximum Gasteiger partial charge on any atom is 0.318 e. The van der Waals surface area contributed by atoms with E-state index in [-0.39, 0.29) is 17.9 Å². The molecule has 0 aliphatic heterocycles. The summed E-state index contributed by atoms with van der Waals surface area (Å²) in [5.41, 5.74) is 1.25. The van der Waals surface area contributed by atoms with Crippen molar-refractivity contribution in [3.05, 3.63) is 71.7 Å². The Morgan fingerprint density at radius 1 is 1.12 bits per heavy atom. The fourth-order valence-electron chi connectivity index (χ4n) is 2.77. The van der Waals surface area contributed by atoms with Crippen LogP contribution in [0.5, 0.6) is 0 Å². The molecular formula is C20H21FN2O2. The number of furan rings is 1. The highest BCUT2D eigenvalue weighted by Gasteiger charge is 2.22. The average Bonchev–Trinajstić information content (AvgIpc) is 3.04. The van der Waals surface area contributed by atoms with Gasteiger partial charge in [-0.2, -0.15) is 0 Å². The molecule has 0 aliphatic rings. The number of hydrogen-bond donors (Lipinski definition) is 1. The summed E-state index contributed by atoms with van der Waals surface area (Å²) < 4.78 is 19.7. The quantitative estimate of drug-likeness (QED) is 0.723. The Balaban J connectivity index is 1.72. The van der Waals surface area contributed by atoms with Crippen LogP contribution in [0.1, 0.15) is 37.3 Å². The lowest BCUT2D eigenvalue weighted by atomic mass is 10.1. The third kappa shape index (κ3) is 3.50. The Morgan fingerprint density at radius 2 is 1.80 bits per heavy atom. The van der Waals surface area contributed by atoms with E-state index in [0.29, 0.717) is 11.3 Å². The minimum Gasteiger partial charge on any atom is -0.459 e. The SMILES string of the molecule is C[C@H](NC(=O)N(C)[C@@H](C)c1cc2ccccc2o1)c1ccccc1F. The summed E-state index contributed by atoms with van der Waals surface area (Å²) in [6.07, 6.45) is 0. The van der Waals surface area contributed by atoms with E-state index in [1.165, 1.54) is 6.07 Å². The molecule has 5 heteroatoms. The van der Waals surface area contributed by atoms with Crippen molar-refractivity contribution in [3.63, 3.8) is 0 Å². The summed E-state index contributed by atoms with van der Waals surface area (Å²) >= 11 is 0. The third-order valence-electron chi connectivity index (χ3n) is 4.47. The highest BCUT2D eigenvalue weighted by Crippen LogP contribution is 2.27. The standard InChI is InChI=1S/C20H21FN2O2/c1-13(16-9-5-6-10-17(16)21)22-20(24)23(3)14(2)19-12-15-8-4-7-11-18(15)25-19/h4-14H,1-3H3,(H,22,24)/t13-,14-/m0/s1. The van der Waals surface area contributed by atoms with Gasteiger partial charge in [0.15, 0.2) is 0 Å². The first-order chi connectivity index (χ1) is 12.0. The van der Waals surface area contributed by atoms with Gasteiger partial charge in [-0.25, -0.2) is 9.18 Å². The molecule has 2 amide bonds. The van der Waals surface area contributed by atoms with Gasteiger partial charge in [0.05, 0.1) is 12.1 Å². The summed E-state index contributed by atoms with van der Waals surface area (Å²) in [5.74, 6) is 0.376. The van der Waals surface area contributed by atoms with Crippen molar-refractivity contribution in [2.24, 2.45) is 0 Å². The maximum atomic E-state index is 13.9. The van der Waals surface area contributed by atoms with Crippen LogP contribution in [0, 0.1) is 5.82 Å². The molecule has 4 nitrogen and oxygen atoms in total. The molecule has 0 unspecified atom stereocenters. The van der Waals surface area contributed by atoms with Gasteiger partial charge in [-0.3, -0.25) is 0 Å². The van der Waals surface area contributed by atoms with Crippen LogP contribution < -0.4 is 5.32 Å². The average molecular weight is 340 g/mol. The molecule has 0 fully saturated rings. The second-order valence-corrected chi connectivity index (χ2v) is 6.17. The molecule has 2 aromatic carbocycles. The van der Waals surface area contributed by atoms with E-state index in [9.17, 15) is 9.18 Å². The summed E-state index contributed by atoms with van der Waals surface area (Å²) in [6.45, 7) is 3.65. The lowest BCUT2D eigenvalue weighted by molar-refractivity contribution is 0.184. The van der Waals surface area contributed by atoms with Crippen molar-refractivity contribution in [3.8, 4) is 0 Å². The van der Waals surface area contributed by atoms with E-state index in [2.05, 4.69) is 5.32 Å². The van der Waals surface area contributed by atoms with Crippen LogP contribution in [-0.4, -0.2) is 18.0 Å². The highest BCUT2D eigenvalue weighted by molar-refractivity contribution is 5.78. The summed E-state index contributed by atoms with van der Waals surface area (Å²) in [4.78, 5) is 14.1. The molecule has 3 rings (SSSR count). The molecule has 0 saturated heterocycles. The van der Waals surface area contributed by atoms with E-state index in [1.54, 1.807) is 37.1 Å². The van der Waals surface area contributed by atoms with Crippen molar-refractivity contribution >= 4 is 17.0 Å². The lowest BCUT2D eigenvalue weighted by Gasteiger charge is -2.26. The van der Waals surface area contributed by atoms with Crippen molar-refractivity contribution in [2.45, 2.75) is 25.9 Å². The molecule has 0 saturated carbocycles. The van der Waals surface area contributed by atoms with Gasteiger partial charge in [-0.1, -0.05) is 36.4 Å². The van der Waals surface area contributed by atoms with E-state index in [0.717, 1.165) is 11.0 Å². The van der Waals surface area contributed by atoms with Crippen molar-refractivity contribution < 1.29 is 13.6 Å². The molecule has 130 valence electrons. The van der Waals surface area contributed by atoms with Crippen LogP contribution in [-0.2, 0) is 0 Å². The van der Waals surface area contributed by atoms with Crippen LogP contribution in [0.4, 0.5) is 9.18 Å². The third-order valence-corrected chi connectivity index (χ3v) is 4.47. The maximum absolute atomic E-state index is 13.9. The zero-order valence-corrected chi connectivity index (χ0v) is 14.5. The van der Waals surface area contributed by atoms with Crippen molar-refractivity contribution in [1.82, 2.24) is 10.2 Å². The second-order valence-electron chi connectivity index (χ2n) is 6.17. The number of carbonyl (C=O) groups is 1. The molecule has 1 aromatic heterocycles. The lowest BCUT2D eigenvalue weighted by Crippen LogP contribution is -2.40. The van der Waals surface area contributed by atoms with Crippen LogP contribution in [0.15, 0.2) is 59.0 Å². The molecule has 0 spiro atoms. The zero-order chi connectivity index (χ0) is 18.0. The Bertz CT molecular complexity index is 857. The topological polar surface area (TPSA) is 45.5 Å². The number of nitrogens with zero attached hydrogens (tertiary/aromatic N) is 1. The van der Waals surface area contributed by atoms with Gasteiger partial charge in [0.25, 0.3) is 0 Å². The Hall–Kier alpha value is -2.82. The predicted octanol–water partition coefficient (Wildman–Crippen LogP) is 5.04. The first kappa shape index (κ1) is 17.0. The summed E-state index contributed by atoms with van der Waals surface area (Å²) in [7, 11) is 1.70. The van der Waals surface area contributed by atoms with Crippen molar-refractivity contribution in [2.75, 3.05) is 7.05 Å². The largest absolute Gasteiger partial charge is 0.459 e. The normalized spacial score (nSPS) is 13.4. The number of rotatable bonds is 4. The highest BCUT2D eigenvalue weighted by atomic mass is 19.1. The first-order valence-corrected chi connectivity index (χ1v) is 8.23. The van der Waals surface area contributed by atoms with Gasteiger partial charge in [0, 0.05) is 18.0 Å². The second kappa shape index (κ2) is 6.97. The van der Waals surface area contributed by atoms with E-state index >= 15 is 0 Å². The number of hydrogen-bond acceptors (Lipinski definition) is 2. The number of amides is 2. The number of benzene rings is 2. The predicted molar refractivity (Wildman–Crippen MR) is 95.7 cm³/mol. The number of urea groups is 1. The Morgan fingerprint density at radius 3 is 2.52 bits per heavy atom. The van der Waals surface area contributed by atoms with E-state index in [4.69, 9.17) is 4.42 Å². The molecular weight excluding hydrogens is 319 g/mol. The van der Waals surface area contributed by atoms with Crippen LogP contribution in [0.25, 0.3) is 11.0 Å². The number of nitrogens with one attached hydrogen (secondary N) is 1. The van der Waals surface area contributed by atoms with E-state index in [1.807, 2.05) is 37.3 Å². The number of para-hydroxylation sites is 1. The molecule has 1 N–H and O–H groups in total. The van der Waals surface area contributed by atoms with Crippen molar-refractivity contribution in [1.29, 1.82) is 0 Å². The minimum absolute atomic E-state index is 0.250. The van der Waals surface area contributed by atoms with Gasteiger partial charge in [0.1, 0.15) is 17.2 Å².